The second kappa shape index (κ2) is 7.87. The van der Waals surface area contributed by atoms with Crippen molar-refractivity contribution in [3.63, 3.8) is 0 Å². The van der Waals surface area contributed by atoms with Gasteiger partial charge >= 0.3 is 0 Å². The van der Waals surface area contributed by atoms with E-state index in [9.17, 15) is 0 Å². The fourth-order valence-electron chi connectivity index (χ4n) is 2.99. The van der Waals surface area contributed by atoms with Gasteiger partial charge in [0.15, 0.2) is 11.5 Å². The van der Waals surface area contributed by atoms with Crippen LogP contribution in [0.25, 0.3) is 0 Å². The minimum Gasteiger partial charge on any atom is -0.493 e. The first-order chi connectivity index (χ1) is 10.2. The van der Waals surface area contributed by atoms with Gasteiger partial charge in [-0.05, 0) is 25.5 Å². The number of benzene rings is 1. The molecule has 0 aliphatic carbocycles. The van der Waals surface area contributed by atoms with E-state index in [1.54, 1.807) is 27.4 Å². The van der Waals surface area contributed by atoms with Crippen molar-refractivity contribution in [3.8, 4) is 11.5 Å². The highest BCUT2D eigenvalue weighted by Crippen LogP contribution is 2.36. The Hall–Kier alpha value is -0.970. The van der Waals surface area contributed by atoms with Crippen LogP contribution in [0.4, 0.5) is 0 Å². The summed E-state index contributed by atoms with van der Waals surface area (Å²) in [6.45, 7) is 2.64. The van der Waals surface area contributed by atoms with Crippen molar-refractivity contribution < 1.29 is 14.2 Å². The molecule has 2 rings (SSSR count). The minimum atomic E-state index is 0.457. The molecule has 4 nitrogen and oxygen atoms in total. The lowest BCUT2D eigenvalue weighted by Crippen LogP contribution is -2.41. The van der Waals surface area contributed by atoms with E-state index in [0.717, 1.165) is 31.0 Å². The number of nitrogens with zero attached hydrogens (tertiary/aromatic N) is 1. The second-order valence-electron chi connectivity index (χ2n) is 5.38. The maximum Gasteiger partial charge on any atom is 0.165 e. The van der Waals surface area contributed by atoms with Gasteiger partial charge in [-0.3, -0.25) is 4.90 Å². The summed E-state index contributed by atoms with van der Waals surface area (Å²) < 4.78 is 16.2. The Kier molecular flexibility index (Phi) is 6.15. The lowest BCUT2D eigenvalue weighted by Gasteiger charge is -2.35. The summed E-state index contributed by atoms with van der Waals surface area (Å²) in [6.07, 6.45) is 3.66. The van der Waals surface area contributed by atoms with E-state index in [2.05, 4.69) is 4.90 Å². The van der Waals surface area contributed by atoms with Crippen molar-refractivity contribution in [2.75, 3.05) is 34.5 Å². The summed E-state index contributed by atoms with van der Waals surface area (Å²) in [5.74, 6) is 1.45. The van der Waals surface area contributed by atoms with E-state index >= 15 is 0 Å². The monoisotopic (exact) mass is 313 g/mol. The molecule has 1 heterocycles. The standard InChI is InChI=1S/C16H24ClNO3/c1-19-11-14-6-4-5-7-18(14)10-12-8-13(17)9-15(20-2)16(12)21-3/h8-9,14H,4-7,10-11H2,1-3H3. The van der Waals surface area contributed by atoms with E-state index in [0.29, 0.717) is 16.8 Å². The van der Waals surface area contributed by atoms with Crippen LogP contribution in [0.2, 0.25) is 5.02 Å². The maximum atomic E-state index is 6.19. The van der Waals surface area contributed by atoms with Gasteiger partial charge in [-0.2, -0.15) is 0 Å². The molecule has 1 atom stereocenters. The predicted octanol–water partition coefficient (Wildman–Crippen LogP) is 3.36. The van der Waals surface area contributed by atoms with Crippen molar-refractivity contribution in [1.29, 1.82) is 0 Å². The molecule has 1 aromatic carbocycles. The van der Waals surface area contributed by atoms with Crippen LogP contribution in [0, 0.1) is 0 Å². The molecule has 21 heavy (non-hydrogen) atoms. The highest BCUT2D eigenvalue weighted by molar-refractivity contribution is 6.30. The zero-order valence-electron chi connectivity index (χ0n) is 13.0. The van der Waals surface area contributed by atoms with Crippen LogP contribution < -0.4 is 9.47 Å². The number of ether oxygens (including phenoxy) is 3. The third kappa shape index (κ3) is 4.02. The molecular formula is C16H24ClNO3. The van der Waals surface area contributed by atoms with Crippen molar-refractivity contribution in [1.82, 2.24) is 4.90 Å². The summed E-state index contributed by atoms with van der Waals surface area (Å²) in [4.78, 5) is 2.45. The van der Waals surface area contributed by atoms with Crippen LogP contribution in [0.3, 0.4) is 0 Å². The van der Waals surface area contributed by atoms with Gasteiger partial charge in [0.1, 0.15) is 0 Å². The molecule has 0 amide bonds. The van der Waals surface area contributed by atoms with Gasteiger partial charge in [-0.15, -0.1) is 0 Å². The van der Waals surface area contributed by atoms with E-state index in [4.69, 9.17) is 25.8 Å². The lowest BCUT2D eigenvalue weighted by atomic mass is 10.0. The van der Waals surface area contributed by atoms with Gasteiger partial charge in [0.2, 0.25) is 0 Å². The Balaban J connectivity index is 2.22. The summed E-state index contributed by atoms with van der Waals surface area (Å²) in [6, 6.07) is 4.20. The molecule has 0 spiro atoms. The van der Waals surface area contributed by atoms with Crippen molar-refractivity contribution in [2.24, 2.45) is 0 Å². The second-order valence-corrected chi connectivity index (χ2v) is 5.81. The van der Waals surface area contributed by atoms with Crippen molar-refractivity contribution in [3.05, 3.63) is 22.7 Å². The Bertz CT molecular complexity index is 465. The van der Waals surface area contributed by atoms with Gasteiger partial charge in [0.25, 0.3) is 0 Å². The summed E-state index contributed by atoms with van der Waals surface area (Å²) >= 11 is 6.19. The first-order valence-electron chi connectivity index (χ1n) is 7.33. The zero-order valence-corrected chi connectivity index (χ0v) is 13.8. The van der Waals surface area contributed by atoms with Crippen LogP contribution in [0.5, 0.6) is 11.5 Å². The SMILES string of the molecule is COCC1CCCCN1Cc1cc(Cl)cc(OC)c1OC. The minimum absolute atomic E-state index is 0.457. The largest absolute Gasteiger partial charge is 0.493 e. The van der Waals surface area contributed by atoms with Crippen LogP contribution in [0.1, 0.15) is 24.8 Å². The summed E-state index contributed by atoms with van der Waals surface area (Å²) in [5.41, 5.74) is 1.06. The van der Waals surface area contributed by atoms with Crippen molar-refractivity contribution in [2.45, 2.75) is 31.8 Å². The molecule has 1 aromatic rings. The molecule has 0 N–H and O–H groups in total. The number of hydrogen-bond acceptors (Lipinski definition) is 4. The molecule has 1 aliphatic heterocycles. The van der Waals surface area contributed by atoms with E-state index in [-0.39, 0.29) is 0 Å². The van der Waals surface area contributed by atoms with Crippen LogP contribution in [-0.4, -0.2) is 45.4 Å². The van der Waals surface area contributed by atoms with Gasteiger partial charge < -0.3 is 14.2 Å². The topological polar surface area (TPSA) is 30.9 Å². The maximum absolute atomic E-state index is 6.19. The summed E-state index contributed by atoms with van der Waals surface area (Å²) in [5, 5.41) is 0.669. The highest BCUT2D eigenvalue weighted by atomic mass is 35.5. The number of methoxy groups -OCH3 is 3. The van der Waals surface area contributed by atoms with Gasteiger partial charge in [-0.25, -0.2) is 0 Å². The molecular weight excluding hydrogens is 290 g/mol. The Morgan fingerprint density at radius 1 is 1.19 bits per heavy atom. The van der Waals surface area contributed by atoms with Gasteiger partial charge in [0.05, 0.1) is 20.8 Å². The van der Waals surface area contributed by atoms with E-state index in [1.165, 1.54) is 19.3 Å². The van der Waals surface area contributed by atoms with Crippen LogP contribution >= 0.6 is 11.6 Å². The zero-order chi connectivity index (χ0) is 15.2. The first kappa shape index (κ1) is 16.4. The smallest absolute Gasteiger partial charge is 0.165 e. The Morgan fingerprint density at radius 2 is 2.00 bits per heavy atom. The molecule has 1 unspecified atom stereocenters. The number of likely N-dealkylation sites (tertiary alicyclic amines) is 1. The fourth-order valence-corrected chi connectivity index (χ4v) is 3.22. The molecule has 118 valence electrons. The third-order valence-corrected chi connectivity index (χ3v) is 4.22. The van der Waals surface area contributed by atoms with Crippen LogP contribution in [0.15, 0.2) is 12.1 Å². The number of hydrogen-bond donors (Lipinski definition) is 0. The molecule has 1 aliphatic rings. The Morgan fingerprint density at radius 3 is 2.67 bits per heavy atom. The van der Waals surface area contributed by atoms with Crippen molar-refractivity contribution >= 4 is 11.6 Å². The first-order valence-corrected chi connectivity index (χ1v) is 7.70. The van der Waals surface area contributed by atoms with E-state index < -0.39 is 0 Å². The molecule has 1 saturated heterocycles. The van der Waals surface area contributed by atoms with E-state index in [1.807, 2.05) is 6.07 Å². The van der Waals surface area contributed by atoms with Gasteiger partial charge in [-0.1, -0.05) is 18.0 Å². The predicted molar refractivity (Wildman–Crippen MR) is 84.5 cm³/mol. The molecule has 0 aromatic heterocycles. The lowest BCUT2D eigenvalue weighted by molar-refractivity contribution is 0.0595. The number of piperidine rings is 1. The molecule has 0 saturated carbocycles. The molecule has 5 heteroatoms. The number of halogens is 1. The van der Waals surface area contributed by atoms with Gasteiger partial charge in [0, 0.05) is 36.3 Å². The highest BCUT2D eigenvalue weighted by Gasteiger charge is 2.24. The molecule has 1 fully saturated rings. The number of rotatable bonds is 6. The average Bonchev–Trinajstić information content (AvgIpc) is 2.49. The Labute approximate surface area is 131 Å². The molecule has 0 radical (unpaired) electrons. The third-order valence-electron chi connectivity index (χ3n) is 4.00. The quantitative estimate of drug-likeness (QED) is 0.806. The molecule has 0 bridgehead atoms. The van der Waals surface area contributed by atoms with Crippen LogP contribution in [-0.2, 0) is 11.3 Å². The normalized spacial score (nSPS) is 19.5. The average molecular weight is 314 g/mol. The summed E-state index contributed by atoms with van der Waals surface area (Å²) in [7, 11) is 5.06. The fraction of sp³-hybridized carbons (Fsp3) is 0.625.